The fourth-order valence-corrected chi connectivity index (χ4v) is 6.05. The third-order valence-corrected chi connectivity index (χ3v) is 7.29. The summed E-state index contributed by atoms with van der Waals surface area (Å²) in [5.41, 5.74) is 3.61. The van der Waals surface area contributed by atoms with E-state index in [0.29, 0.717) is 12.0 Å². The molecule has 2 nitrogen and oxygen atoms in total. The van der Waals surface area contributed by atoms with Gasteiger partial charge >= 0.3 is 0 Å². The summed E-state index contributed by atoms with van der Waals surface area (Å²) >= 11 is 0. The van der Waals surface area contributed by atoms with Gasteiger partial charge in [0.2, 0.25) is 0 Å². The van der Waals surface area contributed by atoms with Gasteiger partial charge in [0.15, 0.2) is 0 Å². The molecule has 0 radical (unpaired) electrons. The van der Waals surface area contributed by atoms with E-state index in [1.54, 1.807) is 5.56 Å². The molecule has 0 N–H and O–H groups in total. The number of ether oxygens (including phenoxy) is 1. The molecule has 0 atom stereocenters. The highest BCUT2D eigenvalue weighted by molar-refractivity contribution is 5.29. The van der Waals surface area contributed by atoms with Gasteiger partial charge in [0.25, 0.3) is 0 Å². The first kappa shape index (κ1) is 20.9. The van der Waals surface area contributed by atoms with Crippen LogP contribution in [0.4, 0.5) is 0 Å². The van der Waals surface area contributed by atoms with Crippen molar-refractivity contribution >= 4 is 0 Å². The third-order valence-electron chi connectivity index (χ3n) is 7.29. The van der Waals surface area contributed by atoms with Crippen molar-refractivity contribution in [2.45, 2.75) is 109 Å². The van der Waals surface area contributed by atoms with Gasteiger partial charge in [-0.2, -0.15) is 0 Å². The van der Waals surface area contributed by atoms with Gasteiger partial charge in [-0.1, -0.05) is 31.2 Å². The van der Waals surface area contributed by atoms with Crippen molar-refractivity contribution in [3.05, 3.63) is 35.4 Å². The Hall–Kier alpha value is -0.860. The Morgan fingerprint density at radius 1 is 0.852 bits per heavy atom. The Bertz CT molecular complexity index is 577. The lowest BCUT2D eigenvalue weighted by atomic mass is 9.71. The predicted molar refractivity (Wildman–Crippen MR) is 116 cm³/mol. The lowest BCUT2D eigenvalue weighted by Gasteiger charge is -2.55. The molecule has 152 valence electrons. The van der Waals surface area contributed by atoms with E-state index in [0.717, 1.165) is 5.92 Å². The largest absolute Gasteiger partial charge is 0.381 e. The van der Waals surface area contributed by atoms with Gasteiger partial charge in [-0.05, 0) is 102 Å². The molecule has 27 heavy (non-hydrogen) atoms. The van der Waals surface area contributed by atoms with E-state index >= 15 is 0 Å². The van der Waals surface area contributed by atoms with Crippen molar-refractivity contribution in [2.24, 2.45) is 0 Å². The molecular weight excluding hydrogens is 330 g/mol. The molecule has 0 amide bonds. The molecule has 1 aromatic rings. The summed E-state index contributed by atoms with van der Waals surface area (Å²) in [7, 11) is 1.86. The molecule has 1 aliphatic heterocycles. The van der Waals surface area contributed by atoms with Crippen LogP contribution in [0, 0.1) is 0 Å². The molecule has 0 spiro atoms. The number of likely N-dealkylation sites (tertiary alicyclic amines) is 1. The Morgan fingerprint density at radius 2 is 1.33 bits per heavy atom. The van der Waals surface area contributed by atoms with Crippen LogP contribution in [0.1, 0.15) is 103 Å². The van der Waals surface area contributed by atoms with Gasteiger partial charge in [-0.3, -0.25) is 4.90 Å². The van der Waals surface area contributed by atoms with Gasteiger partial charge in [0, 0.05) is 18.2 Å². The molecular formula is C25H41NO. The summed E-state index contributed by atoms with van der Waals surface area (Å²) in [6.45, 7) is 13.3. The second-order valence-electron chi connectivity index (χ2n) is 10.3. The zero-order valence-electron chi connectivity index (χ0n) is 18.6. The molecule has 1 saturated carbocycles. The molecule has 2 fully saturated rings. The highest BCUT2D eigenvalue weighted by Gasteiger charge is 2.44. The molecule has 1 saturated heterocycles. The van der Waals surface area contributed by atoms with Crippen LogP contribution in [0.3, 0.4) is 0 Å². The van der Waals surface area contributed by atoms with Crippen LogP contribution in [0.25, 0.3) is 0 Å². The molecule has 2 heteroatoms. The fourth-order valence-electron chi connectivity index (χ4n) is 6.05. The lowest BCUT2D eigenvalue weighted by Crippen LogP contribution is -2.60. The lowest BCUT2D eigenvalue weighted by molar-refractivity contribution is -0.0358. The molecule has 1 aromatic carbocycles. The number of hydrogen-bond donors (Lipinski definition) is 0. The van der Waals surface area contributed by atoms with Crippen molar-refractivity contribution in [3.63, 3.8) is 0 Å². The SMILES string of the molecule is CCCN1C(C)(C)CC(c2ccc(C3CCC(OC)CC3)cc2)CC1(C)C. The number of methoxy groups -OCH3 is 1. The number of rotatable bonds is 5. The zero-order chi connectivity index (χ0) is 19.7. The van der Waals surface area contributed by atoms with Crippen molar-refractivity contribution in [1.29, 1.82) is 0 Å². The zero-order valence-corrected chi connectivity index (χ0v) is 18.6. The number of nitrogens with zero attached hydrogens (tertiary/aromatic N) is 1. The van der Waals surface area contributed by atoms with Crippen LogP contribution in [0.5, 0.6) is 0 Å². The minimum Gasteiger partial charge on any atom is -0.381 e. The third kappa shape index (κ3) is 4.59. The monoisotopic (exact) mass is 371 g/mol. The predicted octanol–water partition coefficient (Wildman–Crippen LogP) is 6.51. The second kappa shape index (κ2) is 8.25. The van der Waals surface area contributed by atoms with Gasteiger partial charge in [-0.25, -0.2) is 0 Å². The first-order valence-corrected chi connectivity index (χ1v) is 11.2. The highest BCUT2D eigenvalue weighted by atomic mass is 16.5. The van der Waals surface area contributed by atoms with Gasteiger partial charge in [0.1, 0.15) is 0 Å². The van der Waals surface area contributed by atoms with Gasteiger partial charge in [-0.15, -0.1) is 0 Å². The standard InChI is InChI=1S/C25H41NO/c1-7-16-26-24(2,3)17-22(18-25(26,4)5)21-10-8-19(9-11-21)20-12-14-23(27-6)15-13-20/h8-11,20,22-23H,7,12-18H2,1-6H3. The molecule has 0 aromatic heterocycles. The minimum absolute atomic E-state index is 0.264. The summed E-state index contributed by atoms with van der Waals surface area (Å²) in [6.07, 6.45) is 9.20. The smallest absolute Gasteiger partial charge is 0.0571 e. The molecule has 2 aliphatic rings. The Balaban J connectivity index is 1.70. The van der Waals surface area contributed by atoms with Gasteiger partial charge in [0.05, 0.1) is 6.10 Å². The second-order valence-corrected chi connectivity index (χ2v) is 10.3. The van der Waals surface area contributed by atoms with E-state index in [2.05, 4.69) is 63.8 Å². The van der Waals surface area contributed by atoms with Crippen molar-refractivity contribution < 1.29 is 4.74 Å². The van der Waals surface area contributed by atoms with Crippen molar-refractivity contribution in [3.8, 4) is 0 Å². The van der Waals surface area contributed by atoms with Crippen molar-refractivity contribution in [1.82, 2.24) is 4.90 Å². The van der Waals surface area contributed by atoms with Gasteiger partial charge < -0.3 is 4.74 Å². The average Bonchev–Trinajstić information content (AvgIpc) is 2.64. The van der Waals surface area contributed by atoms with Crippen LogP contribution in [0.15, 0.2) is 24.3 Å². The van der Waals surface area contributed by atoms with Crippen LogP contribution in [-0.2, 0) is 4.74 Å². The first-order valence-electron chi connectivity index (χ1n) is 11.2. The molecule has 0 unspecified atom stereocenters. The number of piperidine rings is 1. The Morgan fingerprint density at radius 3 is 1.78 bits per heavy atom. The van der Waals surface area contributed by atoms with E-state index < -0.39 is 0 Å². The van der Waals surface area contributed by atoms with Crippen LogP contribution < -0.4 is 0 Å². The molecule has 1 aliphatic carbocycles. The van der Waals surface area contributed by atoms with E-state index in [9.17, 15) is 0 Å². The summed E-state index contributed by atoms with van der Waals surface area (Å²) in [5, 5.41) is 0. The number of hydrogen-bond acceptors (Lipinski definition) is 2. The van der Waals surface area contributed by atoms with Crippen LogP contribution >= 0.6 is 0 Å². The average molecular weight is 372 g/mol. The summed E-state index contributed by atoms with van der Waals surface area (Å²) in [6, 6.07) is 9.71. The molecule has 0 bridgehead atoms. The normalized spacial score (nSPS) is 29.0. The highest BCUT2D eigenvalue weighted by Crippen LogP contribution is 2.46. The maximum absolute atomic E-state index is 5.53. The van der Waals surface area contributed by atoms with Crippen LogP contribution in [-0.4, -0.2) is 35.7 Å². The minimum atomic E-state index is 0.264. The molecule has 3 rings (SSSR count). The number of benzene rings is 1. The van der Waals surface area contributed by atoms with E-state index in [4.69, 9.17) is 4.74 Å². The molecule has 1 heterocycles. The first-order chi connectivity index (χ1) is 12.8. The van der Waals surface area contributed by atoms with E-state index in [-0.39, 0.29) is 11.1 Å². The fraction of sp³-hybridized carbons (Fsp3) is 0.760. The van der Waals surface area contributed by atoms with E-state index in [1.165, 1.54) is 57.1 Å². The Kier molecular flexibility index (Phi) is 6.37. The quantitative estimate of drug-likeness (QED) is 0.585. The summed E-state index contributed by atoms with van der Waals surface area (Å²) in [5.74, 6) is 1.39. The maximum Gasteiger partial charge on any atom is 0.0571 e. The van der Waals surface area contributed by atoms with Crippen LogP contribution in [0.2, 0.25) is 0 Å². The summed E-state index contributed by atoms with van der Waals surface area (Å²) in [4.78, 5) is 2.75. The van der Waals surface area contributed by atoms with E-state index in [1.807, 2.05) is 7.11 Å². The van der Waals surface area contributed by atoms with Crippen molar-refractivity contribution in [2.75, 3.05) is 13.7 Å². The maximum atomic E-state index is 5.53. The Labute approximate surface area is 167 Å². The topological polar surface area (TPSA) is 12.5 Å². The summed E-state index contributed by atoms with van der Waals surface area (Å²) < 4.78 is 5.53.